The molecule has 1 aromatic carbocycles. The number of carbonyl (C=O) groups is 2. The van der Waals surface area contributed by atoms with Crippen molar-refractivity contribution in [2.24, 2.45) is 0 Å². The molecule has 0 spiro atoms. The number of hydrogen-bond acceptors (Lipinski definition) is 2. The SMILES string of the molecule is CCN1CCN(C(=O)/C=C/c2ccc(F)cc2)CCC1=O. The summed E-state index contributed by atoms with van der Waals surface area (Å²) in [6.07, 6.45) is 3.50. The minimum atomic E-state index is -0.302. The van der Waals surface area contributed by atoms with Crippen molar-refractivity contribution in [3.8, 4) is 0 Å². The fourth-order valence-corrected chi connectivity index (χ4v) is 2.27. The molecule has 112 valence electrons. The Balaban J connectivity index is 1.96. The number of benzene rings is 1. The van der Waals surface area contributed by atoms with Gasteiger partial charge >= 0.3 is 0 Å². The highest BCUT2D eigenvalue weighted by atomic mass is 19.1. The van der Waals surface area contributed by atoms with Crippen molar-refractivity contribution < 1.29 is 14.0 Å². The Morgan fingerprint density at radius 2 is 1.95 bits per heavy atom. The van der Waals surface area contributed by atoms with Crippen LogP contribution in [0.15, 0.2) is 30.3 Å². The molecule has 5 heteroatoms. The second kappa shape index (κ2) is 7.02. The van der Waals surface area contributed by atoms with Crippen LogP contribution in [0.2, 0.25) is 0 Å². The molecule has 21 heavy (non-hydrogen) atoms. The highest BCUT2D eigenvalue weighted by Crippen LogP contribution is 2.08. The third-order valence-corrected chi connectivity index (χ3v) is 3.57. The molecule has 1 saturated heterocycles. The van der Waals surface area contributed by atoms with Crippen LogP contribution in [0.5, 0.6) is 0 Å². The fourth-order valence-electron chi connectivity index (χ4n) is 2.27. The molecule has 0 aliphatic carbocycles. The number of nitrogens with zero attached hydrogens (tertiary/aromatic N) is 2. The zero-order chi connectivity index (χ0) is 15.2. The number of hydrogen-bond donors (Lipinski definition) is 0. The third-order valence-electron chi connectivity index (χ3n) is 3.57. The topological polar surface area (TPSA) is 40.6 Å². The summed E-state index contributed by atoms with van der Waals surface area (Å²) in [5, 5.41) is 0. The molecule has 0 radical (unpaired) electrons. The van der Waals surface area contributed by atoms with Crippen molar-refractivity contribution in [2.75, 3.05) is 26.2 Å². The molecule has 1 aliphatic heterocycles. The summed E-state index contributed by atoms with van der Waals surface area (Å²) in [6, 6.07) is 5.94. The average molecular weight is 290 g/mol. The van der Waals surface area contributed by atoms with Crippen molar-refractivity contribution in [3.05, 3.63) is 41.7 Å². The number of likely N-dealkylation sites (N-methyl/N-ethyl adjacent to an activating group) is 1. The van der Waals surface area contributed by atoms with E-state index in [1.54, 1.807) is 28.0 Å². The molecule has 0 aromatic heterocycles. The van der Waals surface area contributed by atoms with Crippen molar-refractivity contribution in [1.29, 1.82) is 0 Å². The van der Waals surface area contributed by atoms with E-state index in [9.17, 15) is 14.0 Å². The lowest BCUT2D eigenvalue weighted by molar-refractivity contribution is -0.130. The summed E-state index contributed by atoms with van der Waals surface area (Å²) < 4.78 is 12.8. The van der Waals surface area contributed by atoms with Crippen LogP contribution < -0.4 is 0 Å². The molecule has 0 saturated carbocycles. The van der Waals surface area contributed by atoms with Gasteiger partial charge in [-0.2, -0.15) is 0 Å². The molecule has 1 aliphatic rings. The van der Waals surface area contributed by atoms with E-state index < -0.39 is 0 Å². The first-order valence-electron chi connectivity index (χ1n) is 7.10. The van der Waals surface area contributed by atoms with Gasteiger partial charge in [-0.3, -0.25) is 9.59 Å². The van der Waals surface area contributed by atoms with Crippen LogP contribution in [0.25, 0.3) is 6.08 Å². The first-order chi connectivity index (χ1) is 10.1. The van der Waals surface area contributed by atoms with Crippen molar-refractivity contribution in [2.45, 2.75) is 13.3 Å². The molecule has 1 aromatic rings. The predicted molar refractivity (Wildman–Crippen MR) is 78.9 cm³/mol. The van der Waals surface area contributed by atoms with E-state index in [0.717, 1.165) is 5.56 Å². The maximum Gasteiger partial charge on any atom is 0.246 e. The molecule has 0 bridgehead atoms. The van der Waals surface area contributed by atoms with Gasteiger partial charge in [0.25, 0.3) is 0 Å². The summed E-state index contributed by atoms with van der Waals surface area (Å²) >= 11 is 0. The van der Waals surface area contributed by atoms with Gasteiger partial charge in [-0.1, -0.05) is 12.1 Å². The smallest absolute Gasteiger partial charge is 0.246 e. The van der Waals surface area contributed by atoms with Gasteiger partial charge in [0.1, 0.15) is 5.82 Å². The first-order valence-corrected chi connectivity index (χ1v) is 7.10. The molecule has 2 rings (SSSR count). The maximum absolute atomic E-state index is 12.8. The molecular weight excluding hydrogens is 271 g/mol. The van der Waals surface area contributed by atoms with Crippen LogP contribution in [0, 0.1) is 5.82 Å². The number of halogens is 1. The molecular formula is C16H19FN2O2. The standard InChI is InChI=1S/C16H19FN2O2/c1-2-18-11-12-19(10-9-16(18)21)15(20)8-5-13-3-6-14(17)7-4-13/h3-8H,2,9-12H2,1H3/b8-5+. The lowest BCUT2D eigenvalue weighted by Gasteiger charge is -2.19. The van der Waals surface area contributed by atoms with Gasteiger partial charge in [0.2, 0.25) is 11.8 Å². The zero-order valence-corrected chi connectivity index (χ0v) is 12.1. The highest BCUT2D eigenvalue weighted by Gasteiger charge is 2.21. The van der Waals surface area contributed by atoms with E-state index in [0.29, 0.717) is 32.6 Å². The Morgan fingerprint density at radius 3 is 2.62 bits per heavy atom. The molecule has 0 atom stereocenters. The van der Waals surface area contributed by atoms with Gasteiger partial charge in [-0.15, -0.1) is 0 Å². The Kier molecular flexibility index (Phi) is 5.09. The second-order valence-corrected chi connectivity index (χ2v) is 4.93. The molecule has 1 fully saturated rings. The number of amides is 2. The molecule has 1 heterocycles. The summed E-state index contributed by atoms with van der Waals surface area (Å²) in [5.74, 6) is -0.329. The maximum atomic E-state index is 12.8. The predicted octanol–water partition coefficient (Wildman–Crippen LogP) is 1.92. The monoisotopic (exact) mass is 290 g/mol. The fraction of sp³-hybridized carbons (Fsp3) is 0.375. The molecule has 0 N–H and O–H groups in total. The van der Waals surface area contributed by atoms with E-state index in [-0.39, 0.29) is 17.6 Å². The quantitative estimate of drug-likeness (QED) is 0.798. The normalized spacial score (nSPS) is 16.4. The summed E-state index contributed by atoms with van der Waals surface area (Å²) in [5.41, 5.74) is 0.769. The molecule has 2 amide bonds. The zero-order valence-electron chi connectivity index (χ0n) is 12.1. The van der Waals surface area contributed by atoms with Crippen molar-refractivity contribution in [3.63, 3.8) is 0 Å². The molecule has 4 nitrogen and oxygen atoms in total. The summed E-state index contributed by atoms with van der Waals surface area (Å²) in [6.45, 7) is 4.18. The number of carbonyl (C=O) groups excluding carboxylic acids is 2. The average Bonchev–Trinajstić information content (AvgIpc) is 2.68. The van der Waals surface area contributed by atoms with Crippen LogP contribution in [0.4, 0.5) is 4.39 Å². The number of rotatable bonds is 3. The van der Waals surface area contributed by atoms with Gasteiger partial charge < -0.3 is 9.80 Å². The lowest BCUT2D eigenvalue weighted by atomic mass is 10.2. The highest BCUT2D eigenvalue weighted by molar-refractivity contribution is 5.92. The Hall–Kier alpha value is -2.17. The van der Waals surface area contributed by atoms with E-state index in [1.807, 2.05) is 6.92 Å². The van der Waals surface area contributed by atoms with Crippen LogP contribution in [-0.2, 0) is 9.59 Å². The minimum absolute atomic E-state index is 0.0929. The van der Waals surface area contributed by atoms with Crippen LogP contribution in [0.1, 0.15) is 18.9 Å². The van der Waals surface area contributed by atoms with Crippen LogP contribution in [-0.4, -0.2) is 47.8 Å². The minimum Gasteiger partial charge on any atom is -0.341 e. The van der Waals surface area contributed by atoms with Crippen molar-refractivity contribution >= 4 is 17.9 Å². The summed E-state index contributed by atoms with van der Waals surface area (Å²) in [4.78, 5) is 27.3. The van der Waals surface area contributed by atoms with Gasteiger partial charge in [0.15, 0.2) is 0 Å². The Morgan fingerprint density at radius 1 is 1.24 bits per heavy atom. The van der Waals surface area contributed by atoms with Gasteiger partial charge in [0.05, 0.1) is 0 Å². The van der Waals surface area contributed by atoms with E-state index >= 15 is 0 Å². The third kappa shape index (κ3) is 4.15. The lowest BCUT2D eigenvalue weighted by Crippen LogP contribution is -2.34. The Bertz CT molecular complexity index is 540. The van der Waals surface area contributed by atoms with Crippen LogP contribution >= 0.6 is 0 Å². The van der Waals surface area contributed by atoms with Gasteiger partial charge in [-0.05, 0) is 30.7 Å². The first kappa shape index (κ1) is 15.2. The van der Waals surface area contributed by atoms with E-state index in [4.69, 9.17) is 0 Å². The van der Waals surface area contributed by atoms with Crippen LogP contribution in [0.3, 0.4) is 0 Å². The second-order valence-electron chi connectivity index (χ2n) is 4.93. The van der Waals surface area contributed by atoms with E-state index in [1.165, 1.54) is 18.2 Å². The van der Waals surface area contributed by atoms with Gasteiger partial charge in [0, 0.05) is 38.7 Å². The van der Waals surface area contributed by atoms with E-state index in [2.05, 4.69) is 0 Å². The Labute approximate surface area is 123 Å². The van der Waals surface area contributed by atoms with Crippen molar-refractivity contribution in [1.82, 2.24) is 9.80 Å². The molecule has 0 unspecified atom stereocenters. The summed E-state index contributed by atoms with van der Waals surface area (Å²) in [7, 11) is 0. The largest absolute Gasteiger partial charge is 0.341 e. The van der Waals surface area contributed by atoms with Gasteiger partial charge in [-0.25, -0.2) is 4.39 Å².